The monoisotopic (exact) mass is 261 g/mol. The van der Waals surface area contributed by atoms with Gasteiger partial charge in [0.1, 0.15) is 6.10 Å². The van der Waals surface area contributed by atoms with Crippen molar-refractivity contribution < 1.29 is 4.74 Å². The van der Waals surface area contributed by atoms with Crippen LogP contribution in [0.15, 0.2) is 22.7 Å². The Labute approximate surface area is 91.3 Å². The third kappa shape index (κ3) is 1.71. The number of ether oxygens (including phenoxy) is 1. The van der Waals surface area contributed by atoms with Gasteiger partial charge in [-0.05, 0) is 25.1 Å². The summed E-state index contributed by atoms with van der Waals surface area (Å²) in [6.45, 7) is 1.95. The van der Waals surface area contributed by atoms with E-state index >= 15 is 0 Å². The van der Waals surface area contributed by atoms with Crippen molar-refractivity contribution in [2.24, 2.45) is 0 Å². The Bertz CT molecular complexity index is 353. The maximum Gasteiger partial charge on any atom is 0.214 e. The summed E-state index contributed by atoms with van der Waals surface area (Å²) in [6, 6.07) is 5.83. The molecule has 4 heteroatoms. The zero-order chi connectivity index (χ0) is 8.72. The number of rotatable bonds is 0. The molecule has 1 aliphatic rings. The van der Waals surface area contributed by atoms with Gasteiger partial charge < -0.3 is 4.74 Å². The molecule has 1 aromatic rings. The van der Waals surface area contributed by atoms with E-state index in [0.29, 0.717) is 0 Å². The molecule has 1 N–H and O–H groups in total. The molecule has 13 heavy (non-hydrogen) atoms. The van der Waals surface area contributed by atoms with Crippen molar-refractivity contribution in [2.45, 2.75) is 13.0 Å². The van der Waals surface area contributed by atoms with Crippen molar-refractivity contribution in [1.82, 2.24) is 0 Å². The van der Waals surface area contributed by atoms with Crippen molar-refractivity contribution in [3.05, 3.63) is 33.8 Å². The second-order valence-corrected chi connectivity index (χ2v) is 3.74. The van der Waals surface area contributed by atoms with Crippen LogP contribution in [0.4, 0.5) is 0 Å². The highest BCUT2D eigenvalue weighted by atomic mass is 79.9. The quantitative estimate of drug-likeness (QED) is 0.765. The summed E-state index contributed by atoms with van der Waals surface area (Å²) < 4.78 is 6.28. The van der Waals surface area contributed by atoms with Crippen LogP contribution < -0.4 is 0 Å². The van der Waals surface area contributed by atoms with E-state index in [0.717, 1.165) is 15.6 Å². The smallest absolute Gasteiger partial charge is 0.214 e. The first kappa shape index (κ1) is 10.5. The second-order valence-electron chi connectivity index (χ2n) is 2.82. The van der Waals surface area contributed by atoms with Gasteiger partial charge in [0.15, 0.2) is 0 Å². The molecule has 0 aliphatic carbocycles. The largest absolute Gasteiger partial charge is 0.470 e. The van der Waals surface area contributed by atoms with Gasteiger partial charge in [-0.25, -0.2) is 0 Å². The van der Waals surface area contributed by atoms with E-state index in [2.05, 4.69) is 15.9 Å². The van der Waals surface area contributed by atoms with Crippen LogP contribution in [0.3, 0.4) is 0 Å². The first-order valence-corrected chi connectivity index (χ1v) is 4.53. The maximum atomic E-state index is 7.49. The zero-order valence-corrected chi connectivity index (χ0v) is 9.41. The van der Waals surface area contributed by atoms with Crippen LogP contribution in [0.2, 0.25) is 0 Å². The summed E-state index contributed by atoms with van der Waals surface area (Å²) in [4.78, 5) is 0. The Balaban J connectivity index is 0.000000845. The molecule has 0 saturated heterocycles. The molecule has 0 saturated carbocycles. The molecule has 0 radical (unpaired) electrons. The molecule has 0 spiro atoms. The molecule has 2 nitrogen and oxygen atoms in total. The summed E-state index contributed by atoms with van der Waals surface area (Å²) in [5.41, 5.74) is 2.00. The lowest BCUT2D eigenvalue weighted by atomic mass is 10.1. The molecule has 2 rings (SSSR count). The number of halogens is 2. The Morgan fingerprint density at radius 3 is 2.85 bits per heavy atom. The lowest BCUT2D eigenvalue weighted by Crippen LogP contribution is -1.93. The fraction of sp³-hybridized carbons (Fsp3) is 0.222. The normalized spacial score (nSPS) is 18.9. The number of fused-ring (bicyclic) bond motifs is 1. The molecular weight excluding hydrogens is 253 g/mol. The Morgan fingerprint density at radius 1 is 1.46 bits per heavy atom. The summed E-state index contributed by atoms with van der Waals surface area (Å²) in [5.74, 6) is 0.282. The van der Waals surface area contributed by atoms with Gasteiger partial charge in [-0.3, -0.25) is 5.41 Å². The number of benzene rings is 1. The summed E-state index contributed by atoms with van der Waals surface area (Å²) in [7, 11) is 0. The van der Waals surface area contributed by atoms with Gasteiger partial charge in [-0.15, -0.1) is 12.4 Å². The van der Waals surface area contributed by atoms with Crippen LogP contribution in [0, 0.1) is 5.41 Å². The highest BCUT2D eigenvalue weighted by Crippen LogP contribution is 2.31. The minimum Gasteiger partial charge on any atom is -0.470 e. The van der Waals surface area contributed by atoms with Crippen LogP contribution >= 0.6 is 28.3 Å². The van der Waals surface area contributed by atoms with Crippen molar-refractivity contribution in [1.29, 1.82) is 5.41 Å². The fourth-order valence-electron chi connectivity index (χ4n) is 1.38. The van der Waals surface area contributed by atoms with E-state index in [9.17, 15) is 0 Å². The minimum atomic E-state index is 0. The molecule has 1 aliphatic heterocycles. The average Bonchev–Trinajstić information content (AvgIpc) is 2.28. The molecule has 0 fully saturated rings. The lowest BCUT2D eigenvalue weighted by Gasteiger charge is -2.02. The third-order valence-corrected chi connectivity index (χ3v) is 2.48. The standard InChI is InChI=1S/C9H8BrNO.ClH/c1-5-8-4-6(10)2-3-7(8)9(11)12-5;/h2-5,11H,1H3;1H. The average molecular weight is 263 g/mol. The number of hydrogen-bond donors (Lipinski definition) is 1. The molecule has 0 amide bonds. The van der Waals surface area contributed by atoms with Gasteiger partial charge in [-0.1, -0.05) is 15.9 Å². The van der Waals surface area contributed by atoms with Crippen molar-refractivity contribution in [3.63, 3.8) is 0 Å². The highest BCUT2D eigenvalue weighted by molar-refractivity contribution is 9.10. The maximum absolute atomic E-state index is 7.49. The number of hydrogen-bond acceptors (Lipinski definition) is 2. The van der Waals surface area contributed by atoms with E-state index in [1.54, 1.807) is 0 Å². The second kappa shape index (κ2) is 3.68. The molecule has 1 unspecified atom stereocenters. The van der Waals surface area contributed by atoms with Crippen LogP contribution in [0.1, 0.15) is 24.2 Å². The van der Waals surface area contributed by atoms with E-state index in [4.69, 9.17) is 10.1 Å². The molecule has 0 aromatic heterocycles. The Morgan fingerprint density at radius 2 is 2.15 bits per heavy atom. The van der Waals surface area contributed by atoms with Gasteiger partial charge >= 0.3 is 0 Å². The summed E-state index contributed by atoms with van der Waals surface area (Å²) in [6.07, 6.45) is 0.0185. The summed E-state index contributed by atoms with van der Waals surface area (Å²) in [5, 5.41) is 7.49. The molecule has 1 aromatic carbocycles. The Hall–Kier alpha value is -0.540. The fourth-order valence-corrected chi connectivity index (χ4v) is 1.76. The van der Waals surface area contributed by atoms with E-state index < -0.39 is 0 Å². The van der Waals surface area contributed by atoms with Crippen molar-refractivity contribution >= 4 is 34.2 Å². The number of nitrogens with one attached hydrogen (secondary N) is 1. The molecular formula is C9H9BrClNO. The molecule has 0 bridgehead atoms. The van der Waals surface area contributed by atoms with E-state index in [1.807, 2.05) is 25.1 Å². The first-order valence-electron chi connectivity index (χ1n) is 3.73. The van der Waals surface area contributed by atoms with E-state index in [1.165, 1.54) is 0 Å². The van der Waals surface area contributed by atoms with Crippen LogP contribution in [-0.2, 0) is 4.74 Å². The van der Waals surface area contributed by atoms with E-state index in [-0.39, 0.29) is 24.4 Å². The molecule has 1 heterocycles. The lowest BCUT2D eigenvalue weighted by molar-refractivity contribution is 0.229. The zero-order valence-electron chi connectivity index (χ0n) is 7.00. The minimum absolute atomic E-state index is 0. The predicted molar refractivity (Wildman–Crippen MR) is 57.7 cm³/mol. The van der Waals surface area contributed by atoms with Crippen molar-refractivity contribution in [3.8, 4) is 0 Å². The first-order chi connectivity index (χ1) is 5.68. The van der Waals surface area contributed by atoms with Gasteiger partial charge in [0.05, 0.1) is 0 Å². The predicted octanol–water partition coefficient (Wildman–Crippen LogP) is 3.29. The van der Waals surface area contributed by atoms with Crippen LogP contribution in [0.5, 0.6) is 0 Å². The van der Waals surface area contributed by atoms with Crippen molar-refractivity contribution in [2.75, 3.05) is 0 Å². The van der Waals surface area contributed by atoms with Gasteiger partial charge in [0.2, 0.25) is 5.90 Å². The van der Waals surface area contributed by atoms with Crippen LogP contribution in [-0.4, -0.2) is 5.90 Å². The summed E-state index contributed by atoms with van der Waals surface area (Å²) >= 11 is 3.39. The topological polar surface area (TPSA) is 33.1 Å². The highest BCUT2D eigenvalue weighted by Gasteiger charge is 2.24. The molecule has 1 atom stereocenters. The SMILES string of the molecule is CC1OC(=N)c2ccc(Br)cc21.Cl. The molecule has 70 valence electrons. The van der Waals surface area contributed by atoms with Gasteiger partial charge in [0, 0.05) is 15.6 Å². The van der Waals surface area contributed by atoms with Crippen LogP contribution in [0.25, 0.3) is 0 Å². The third-order valence-electron chi connectivity index (χ3n) is 1.99. The van der Waals surface area contributed by atoms with Gasteiger partial charge in [0.25, 0.3) is 0 Å². The van der Waals surface area contributed by atoms with Gasteiger partial charge in [-0.2, -0.15) is 0 Å². The Kier molecular flexibility index (Phi) is 2.98.